The number of ether oxygens (including phenoxy) is 1. The van der Waals surface area contributed by atoms with Crippen LogP contribution in [0.2, 0.25) is 0 Å². The maximum absolute atomic E-state index is 10.3. The Morgan fingerprint density at radius 2 is 2.16 bits per heavy atom. The topological polar surface area (TPSA) is 67.9 Å². The van der Waals surface area contributed by atoms with E-state index in [1.54, 1.807) is 18.3 Å². The SMILES string of the molecule is Cc1ccnc(-c2nc3cc(OC=O)ccc3[nH]2)c1. The number of hydrogen-bond acceptors (Lipinski definition) is 4. The van der Waals surface area contributed by atoms with Crippen molar-refractivity contribution in [1.82, 2.24) is 15.0 Å². The van der Waals surface area contributed by atoms with Gasteiger partial charge in [0.2, 0.25) is 0 Å². The van der Waals surface area contributed by atoms with Crippen LogP contribution >= 0.6 is 0 Å². The van der Waals surface area contributed by atoms with Gasteiger partial charge in [0.1, 0.15) is 11.4 Å². The van der Waals surface area contributed by atoms with Gasteiger partial charge < -0.3 is 9.72 Å². The molecule has 1 N–H and O–H groups in total. The maximum Gasteiger partial charge on any atom is 0.298 e. The number of imidazole rings is 1. The van der Waals surface area contributed by atoms with Crippen LogP contribution in [0.1, 0.15) is 5.56 Å². The Balaban J connectivity index is 2.08. The van der Waals surface area contributed by atoms with Gasteiger partial charge in [0.25, 0.3) is 6.47 Å². The van der Waals surface area contributed by atoms with Gasteiger partial charge in [-0.1, -0.05) is 0 Å². The van der Waals surface area contributed by atoms with E-state index >= 15 is 0 Å². The fraction of sp³-hybridized carbons (Fsp3) is 0.0714. The average molecular weight is 253 g/mol. The molecule has 5 heteroatoms. The highest BCUT2D eigenvalue weighted by molar-refractivity contribution is 5.80. The second-order valence-corrected chi connectivity index (χ2v) is 4.20. The summed E-state index contributed by atoms with van der Waals surface area (Å²) < 4.78 is 4.80. The minimum atomic E-state index is 0.400. The first-order chi connectivity index (χ1) is 9.26. The monoisotopic (exact) mass is 253 g/mol. The molecule has 5 nitrogen and oxygen atoms in total. The molecule has 1 aromatic carbocycles. The molecule has 0 saturated carbocycles. The van der Waals surface area contributed by atoms with E-state index in [0.29, 0.717) is 18.0 Å². The Bertz CT molecular complexity index is 749. The number of benzene rings is 1. The summed E-state index contributed by atoms with van der Waals surface area (Å²) in [7, 11) is 0. The molecule has 0 saturated heterocycles. The third-order valence-electron chi connectivity index (χ3n) is 2.80. The summed E-state index contributed by atoms with van der Waals surface area (Å²) in [6.45, 7) is 2.40. The Labute approximate surface area is 109 Å². The molecule has 0 aliphatic rings. The van der Waals surface area contributed by atoms with E-state index in [0.717, 1.165) is 22.3 Å². The average Bonchev–Trinajstić information content (AvgIpc) is 2.82. The summed E-state index contributed by atoms with van der Waals surface area (Å²) in [6, 6.07) is 9.13. The van der Waals surface area contributed by atoms with Crippen LogP contribution in [0.15, 0.2) is 36.5 Å². The maximum atomic E-state index is 10.3. The highest BCUT2D eigenvalue weighted by atomic mass is 16.5. The normalized spacial score (nSPS) is 10.6. The number of carbonyl (C=O) groups is 1. The molecule has 0 aliphatic carbocycles. The molecular weight excluding hydrogens is 242 g/mol. The summed E-state index contributed by atoms with van der Waals surface area (Å²) in [5.41, 5.74) is 3.51. The number of fused-ring (bicyclic) bond motifs is 1. The number of pyridine rings is 1. The third-order valence-corrected chi connectivity index (χ3v) is 2.80. The Morgan fingerprint density at radius 1 is 1.26 bits per heavy atom. The molecule has 0 unspecified atom stereocenters. The van der Waals surface area contributed by atoms with Crippen molar-refractivity contribution in [2.75, 3.05) is 0 Å². The first kappa shape index (κ1) is 11.4. The number of aryl methyl sites for hydroxylation is 1. The zero-order valence-corrected chi connectivity index (χ0v) is 10.3. The first-order valence-corrected chi connectivity index (χ1v) is 5.79. The van der Waals surface area contributed by atoms with Gasteiger partial charge in [-0.25, -0.2) is 4.98 Å². The highest BCUT2D eigenvalue weighted by Crippen LogP contribution is 2.22. The number of aromatic amines is 1. The lowest BCUT2D eigenvalue weighted by atomic mass is 10.2. The molecule has 0 atom stereocenters. The second-order valence-electron chi connectivity index (χ2n) is 4.20. The van der Waals surface area contributed by atoms with Gasteiger partial charge in [-0.05, 0) is 36.8 Å². The van der Waals surface area contributed by atoms with Crippen molar-refractivity contribution in [1.29, 1.82) is 0 Å². The minimum Gasteiger partial charge on any atom is -0.429 e. The van der Waals surface area contributed by atoms with Crippen molar-refractivity contribution in [3.8, 4) is 17.3 Å². The molecule has 2 aromatic heterocycles. The third kappa shape index (κ3) is 2.18. The minimum absolute atomic E-state index is 0.400. The number of nitrogens with one attached hydrogen (secondary N) is 1. The van der Waals surface area contributed by atoms with Crippen molar-refractivity contribution in [3.05, 3.63) is 42.1 Å². The van der Waals surface area contributed by atoms with Gasteiger partial charge in [-0.15, -0.1) is 0 Å². The summed E-state index contributed by atoms with van der Waals surface area (Å²) in [6.07, 6.45) is 1.75. The number of rotatable bonds is 3. The van der Waals surface area contributed by atoms with Crippen molar-refractivity contribution in [2.45, 2.75) is 6.92 Å². The standard InChI is InChI=1S/C14H11N3O2/c1-9-4-5-15-13(6-9)14-16-11-3-2-10(19-8-18)7-12(11)17-14/h2-8H,1H3,(H,16,17). The van der Waals surface area contributed by atoms with Crippen LogP contribution in [0.4, 0.5) is 0 Å². The van der Waals surface area contributed by atoms with Gasteiger partial charge in [-0.3, -0.25) is 9.78 Å². The van der Waals surface area contributed by atoms with E-state index in [9.17, 15) is 4.79 Å². The van der Waals surface area contributed by atoms with Gasteiger partial charge in [0.15, 0.2) is 5.82 Å². The van der Waals surface area contributed by atoms with Gasteiger partial charge >= 0.3 is 0 Å². The molecule has 3 rings (SSSR count). The Morgan fingerprint density at radius 3 is 2.95 bits per heavy atom. The van der Waals surface area contributed by atoms with Crippen LogP contribution in [0.5, 0.6) is 5.75 Å². The van der Waals surface area contributed by atoms with Crippen LogP contribution in [-0.4, -0.2) is 21.4 Å². The summed E-state index contributed by atoms with van der Waals surface area (Å²) in [5.74, 6) is 1.17. The van der Waals surface area contributed by atoms with E-state index in [1.165, 1.54) is 0 Å². The summed E-state index contributed by atoms with van der Waals surface area (Å²) in [4.78, 5) is 22.2. The highest BCUT2D eigenvalue weighted by Gasteiger charge is 2.07. The van der Waals surface area contributed by atoms with Crippen molar-refractivity contribution in [3.63, 3.8) is 0 Å². The van der Waals surface area contributed by atoms with Crippen molar-refractivity contribution >= 4 is 17.5 Å². The second kappa shape index (κ2) is 4.53. The molecule has 0 bridgehead atoms. The van der Waals surface area contributed by atoms with Gasteiger partial charge in [0.05, 0.1) is 11.0 Å². The number of carbonyl (C=O) groups excluding carboxylic acids is 1. The molecule has 2 heterocycles. The van der Waals surface area contributed by atoms with E-state index in [1.807, 2.05) is 25.1 Å². The smallest absolute Gasteiger partial charge is 0.298 e. The summed E-state index contributed by atoms with van der Waals surface area (Å²) >= 11 is 0. The molecule has 94 valence electrons. The van der Waals surface area contributed by atoms with Crippen molar-refractivity contribution < 1.29 is 9.53 Å². The number of hydrogen-bond donors (Lipinski definition) is 1. The van der Waals surface area contributed by atoms with Crippen LogP contribution in [-0.2, 0) is 4.79 Å². The molecule has 0 fully saturated rings. The van der Waals surface area contributed by atoms with E-state index in [-0.39, 0.29) is 0 Å². The predicted octanol–water partition coefficient (Wildman–Crippen LogP) is 2.47. The quantitative estimate of drug-likeness (QED) is 0.728. The Kier molecular flexibility index (Phi) is 2.72. The number of aromatic nitrogens is 3. The number of nitrogens with zero attached hydrogens (tertiary/aromatic N) is 2. The fourth-order valence-corrected chi connectivity index (χ4v) is 1.90. The molecule has 0 radical (unpaired) electrons. The van der Waals surface area contributed by atoms with E-state index in [4.69, 9.17) is 4.74 Å². The molecule has 19 heavy (non-hydrogen) atoms. The molecule has 3 aromatic rings. The largest absolute Gasteiger partial charge is 0.429 e. The van der Waals surface area contributed by atoms with E-state index < -0.39 is 0 Å². The molecule has 0 spiro atoms. The zero-order chi connectivity index (χ0) is 13.2. The summed E-state index contributed by atoms with van der Waals surface area (Å²) in [5, 5.41) is 0. The molecule has 0 amide bonds. The van der Waals surface area contributed by atoms with Crippen LogP contribution in [0.25, 0.3) is 22.6 Å². The van der Waals surface area contributed by atoms with Crippen molar-refractivity contribution in [2.24, 2.45) is 0 Å². The van der Waals surface area contributed by atoms with Crippen LogP contribution in [0, 0.1) is 6.92 Å². The van der Waals surface area contributed by atoms with Crippen LogP contribution in [0.3, 0.4) is 0 Å². The van der Waals surface area contributed by atoms with Crippen LogP contribution < -0.4 is 4.74 Å². The first-order valence-electron chi connectivity index (χ1n) is 5.79. The number of H-pyrrole nitrogens is 1. The van der Waals surface area contributed by atoms with Gasteiger partial charge in [-0.2, -0.15) is 0 Å². The predicted molar refractivity (Wildman–Crippen MR) is 70.8 cm³/mol. The fourth-order valence-electron chi connectivity index (χ4n) is 1.90. The Hall–Kier alpha value is -2.69. The van der Waals surface area contributed by atoms with E-state index in [2.05, 4.69) is 15.0 Å². The zero-order valence-electron chi connectivity index (χ0n) is 10.3. The lowest BCUT2D eigenvalue weighted by molar-refractivity contribution is -0.120. The molecule has 0 aliphatic heterocycles. The lowest BCUT2D eigenvalue weighted by Gasteiger charge is -1.96. The van der Waals surface area contributed by atoms with Gasteiger partial charge in [0, 0.05) is 12.3 Å². The molecular formula is C14H11N3O2. The lowest BCUT2D eigenvalue weighted by Crippen LogP contribution is -1.87.